The van der Waals surface area contributed by atoms with Crippen LogP contribution in [0.5, 0.6) is 0 Å². The van der Waals surface area contributed by atoms with E-state index in [2.05, 4.69) is 132 Å². The van der Waals surface area contributed by atoms with E-state index < -0.39 is 5.41 Å². The minimum Gasteiger partial charge on any atom is -0.452 e. The predicted octanol–water partition coefficient (Wildman–Crippen LogP) is 11.1. The standard InChI is InChI=1S/C46H29N3O/c1-4-14-31(15-5-1)42-44-43(35-21-11-13-23-41(35)50-44)49-45(48-42)38-28-37-34-20-10-12-22-39(34)46(32-16-6-2-7-17-32,33-18-8-3-9-19-33)40(37)29-36(38)30-24-26-47-27-25-30/h1-29H. The van der Waals surface area contributed by atoms with Crippen LogP contribution < -0.4 is 0 Å². The highest BCUT2D eigenvalue weighted by Crippen LogP contribution is 2.58. The highest BCUT2D eigenvalue weighted by atomic mass is 16.3. The van der Waals surface area contributed by atoms with Gasteiger partial charge in [0.15, 0.2) is 11.4 Å². The van der Waals surface area contributed by atoms with Crippen molar-refractivity contribution in [2.45, 2.75) is 5.41 Å². The van der Waals surface area contributed by atoms with Crippen LogP contribution in [0.2, 0.25) is 0 Å². The van der Waals surface area contributed by atoms with Crippen molar-refractivity contribution in [3.05, 3.63) is 198 Å². The van der Waals surface area contributed by atoms with Crippen molar-refractivity contribution in [1.82, 2.24) is 15.0 Å². The molecule has 0 spiro atoms. The van der Waals surface area contributed by atoms with Gasteiger partial charge in [-0.2, -0.15) is 0 Å². The van der Waals surface area contributed by atoms with Crippen LogP contribution in [-0.4, -0.2) is 15.0 Å². The van der Waals surface area contributed by atoms with Crippen LogP contribution >= 0.6 is 0 Å². The second-order valence-electron chi connectivity index (χ2n) is 12.7. The number of aromatic nitrogens is 3. The summed E-state index contributed by atoms with van der Waals surface area (Å²) in [7, 11) is 0. The SMILES string of the molecule is c1ccc(-c2nc(-c3cc4c(cc3-c3ccncc3)C(c3ccccc3)(c3ccccc3)c3ccccc3-4)nc3c2oc2ccccc23)cc1. The number of hydrogen-bond donors (Lipinski definition) is 0. The summed E-state index contributed by atoms with van der Waals surface area (Å²) in [5, 5.41) is 0.965. The lowest BCUT2D eigenvalue weighted by atomic mass is 9.67. The minimum absolute atomic E-state index is 0.532. The fourth-order valence-electron chi connectivity index (χ4n) is 7.95. The largest absolute Gasteiger partial charge is 0.452 e. The average molecular weight is 640 g/mol. The molecule has 0 fully saturated rings. The van der Waals surface area contributed by atoms with Gasteiger partial charge in [0.25, 0.3) is 0 Å². The van der Waals surface area contributed by atoms with Crippen molar-refractivity contribution < 1.29 is 4.42 Å². The Kier molecular flexibility index (Phi) is 6.36. The molecule has 1 aliphatic rings. The third-order valence-electron chi connectivity index (χ3n) is 10.1. The molecule has 0 N–H and O–H groups in total. The van der Waals surface area contributed by atoms with E-state index in [0.29, 0.717) is 11.4 Å². The molecular weight excluding hydrogens is 611 g/mol. The molecule has 4 heteroatoms. The van der Waals surface area contributed by atoms with Crippen LogP contribution in [0.25, 0.3) is 67.0 Å². The summed E-state index contributed by atoms with van der Waals surface area (Å²) in [6.45, 7) is 0. The molecular formula is C46H29N3O. The van der Waals surface area contributed by atoms with Crippen LogP contribution in [0.3, 0.4) is 0 Å². The van der Waals surface area contributed by atoms with E-state index in [9.17, 15) is 0 Å². The number of furan rings is 1. The number of rotatable bonds is 5. The van der Waals surface area contributed by atoms with Gasteiger partial charge in [0.05, 0.1) is 5.41 Å². The van der Waals surface area contributed by atoms with Gasteiger partial charge in [-0.1, -0.05) is 127 Å². The summed E-state index contributed by atoms with van der Waals surface area (Å²) >= 11 is 0. The number of nitrogens with zero attached hydrogens (tertiary/aromatic N) is 3. The molecule has 0 saturated carbocycles. The zero-order valence-corrected chi connectivity index (χ0v) is 27.0. The summed E-state index contributed by atoms with van der Waals surface area (Å²) in [4.78, 5) is 15.0. The Morgan fingerprint density at radius 2 is 1.10 bits per heavy atom. The van der Waals surface area contributed by atoms with Gasteiger partial charge in [0.1, 0.15) is 16.8 Å². The molecule has 0 aliphatic heterocycles. The van der Waals surface area contributed by atoms with Gasteiger partial charge < -0.3 is 4.42 Å². The minimum atomic E-state index is -0.532. The molecule has 10 rings (SSSR count). The van der Waals surface area contributed by atoms with E-state index in [1.165, 1.54) is 33.4 Å². The maximum Gasteiger partial charge on any atom is 0.180 e. The lowest BCUT2D eigenvalue weighted by Gasteiger charge is -2.34. The maximum atomic E-state index is 6.46. The number of fused-ring (bicyclic) bond motifs is 6. The van der Waals surface area contributed by atoms with Crippen molar-refractivity contribution >= 4 is 22.1 Å². The molecule has 0 atom stereocenters. The first kappa shape index (κ1) is 28.4. The molecule has 3 aromatic heterocycles. The smallest absolute Gasteiger partial charge is 0.180 e. The van der Waals surface area contributed by atoms with Crippen molar-refractivity contribution in [1.29, 1.82) is 0 Å². The lowest BCUT2D eigenvalue weighted by Crippen LogP contribution is -2.28. The molecule has 234 valence electrons. The van der Waals surface area contributed by atoms with Crippen LogP contribution in [0.15, 0.2) is 181 Å². The fourth-order valence-corrected chi connectivity index (χ4v) is 7.95. The Morgan fingerprint density at radius 3 is 1.84 bits per heavy atom. The molecule has 0 amide bonds. The Bertz CT molecular complexity index is 2650. The second kappa shape index (κ2) is 11.2. The van der Waals surface area contributed by atoms with E-state index in [4.69, 9.17) is 14.4 Å². The molecule has 0 unspecified atom stereocenters. The summed E-state index contributed by atoms with van der Waals surface area (Å²) < 4.78 is 6.46. The van der Waals surface area contributed by atoms with Gasteiger partial charge in [-0.25, -0.2) is 9.97 Å². The molecule has 3 heterocycles. The molecule has 4 nitrogen and oxygen atoms in total. The van der Waals surface area contributed by atoms with Gasteiger partial charge in [-0.05, 0) is 80.9 Å². The Labute approximate surface area is 289 Å². The lowest BCUT2D eigenvalue weighted by molar-refractivity contribution is 0.667. The number of pyridine rings is 1. The zero-order chi connectivity index (χ0) is 33.1. The Morgan fingerprint density at radius 1 is 0.460 bits per heavy atom. The van der Waals surface area contributed by atoms with Crippen molar-refractivity contribution in [3.8, 4) is 44.9 Å². The summed E-state index contributed by atoms with van der Waals surface area (Å²) in [6, 6.07) is 57.8. The molecule has 50 heavy (non-hydrogen) atoms. The van der Waals surface area contributed by atoms with Crippen molar-refractivity contribution in [2.75, 3.05) is 0 Å². The fraction of sp³-hybridized carbons (Fsp3) is 0.0217. The number of para-hydroxylation sites is 1. The topological polar surface area (TPSA) is 51.8 Å². The van der Waals surface area contributed by atoms with Gasteiger partial charge in [-0.3, -0.25) is 4.98 Å². The van der Waals surface area contributed by atoms with E-state index >= 15 is 0 Å². The summed E-state index contributed by atoms with van der Waals surface area (Å²) in [6.07, 6.45) is 3.71. The molecule has 0 radical (unpaired) electrons. The number of benzene rings is 6. The quantitative estimate of drug-likeness (QED) is 0.188. The van der Waals surface area contributed by atoms with Crippen LogP contribution in [0, 0.1) is 0 Å². The summed E-state index contributed by atoms with van der Waals surface area (Å²) in [5.74, 6) is 0.645. The second-order valence-corrected chi connectivity index (χ2v) is 12.7. The van der Waals surface area contributed by atoms with E-state index in [1.807, 2.05) is 48.8 Å². The Hall–Kier alpha value is -6.65. The first-order valence-corrected chi connectivity index (χ1v) is 16.9. The Balaban J connectivity index is 1.34. The highest BCUT2D eigenvalue weighted by Gasteiger charge is 2.46. The van der Waals surface area contributed by atoms with Gasteiger partial charge >= 0.3 is 0 Å². The predicted molar refractivity (Wildman–Crippen MR) is 201 cm³/mol. The first-order valence-electron chi connectivity index (χ1n) is 16.9. The third kappa shape index (κ3) is 4.15. The molecule has 6 aromatic carbocycles. The van der Waals surface area contributed by atoms with Crippen molar-refractivity contribution in [2.24, 2.45) is 0 Å². The summed E-state index contributed by atoms with van der Waals surface area (Å²) in [5.41, 5.74) is 13.8. The molecule has 9 aromatic rings. The maximum absolute atomic E-state index is 6.46. The normalized spacial score (nSPS) is 13.0. The highest BCUT2D eigenvalue weighted by molar-refractivity contribution is 6.07. The van der Waals surface area contributed by atoms with Crippen molar-refractivity contribution in [3.63, 3.8) is 0 Å². The van der Waals surface area contributed by atoms with Gasteiger partial charge in [-0.15, -0.1) is 0 Å². The first-order chi connectivity index (χ1) is 24.8. The monoisotopic (exact) mass is 639 g/mol. The average Bonchev–Trinajstić information content (AvgIpc) is 3.72. The zero-order valence-electron chi connectivity index (χ0n) is 27.0. The van der Waals surface area contributed by atoms with Crippen LogP contribution in [-0.2, 0) is 5.41 Å². The van der Waals surface area contributed by atoms with E-state index in [1.54, 1.807) is 0 Å². The molecule has 0 saturated heterocycles. The van der Waals surface area contributed by atoms with E-state index in [-0.39, 0.29) is 0 Å². The van der Waals surface area contributed by atoms with E-state index in [0.717, 1.165) is 44.4 Å². The van der Waals surface area contributed by atoms with Crippen LogP contribution in [0.4, 0.5) is 0 Å². The molecule has 1 aliphatic carbocycles. The van der Waals surface area contributed by atoms with Crippen LogP contribution in [0.1, 0.15) is 22.3 Å². The molecule has 0 bridgehead atoms. The van der Waals surface area contributed by atoms with Gasteiger partial charge in [0.2, 0.25) is 0 Å². The third-order valence-corrected chi connectivity index (χ3v) is 10.1. The number of hydrogen-bond acceptors (Lipinski definition) is 4. The van der Waals surface area contributed by atoms with Gasteiger partial charge in [0, 0.05) is 28.9 Å².